The van der Waals surface area contributed by atoms with Crippen LogP contribution in [-0.4, -0.2) is 16.5 Å². The first-order valence-electron chi connectivity index (χ1n) is 7.47. The number of halogens is 2. The molecule has 0 amide bonds. The number of ether oxygens (including phenoxy) is 1. The van der Waals surface area contributed by atoms with E-state index in [0.717, 1.165) is 0 Å². The Hall–Kier alpha value is -2.11. The number of nitrogens with zero attached hydrogens (tertiary/aromatic N) is 1. The number of hydrogen-bond acceptors (Lipinski definition) is 4. The first kappa shape index (κ1) is 16.7. The van der Waals surface area contributed by atoms with Crippen LogP contribution in [0.25, 0.3) is 0 Å². The van der Waals surface area contributed by atoms with Crippen LogP contribution in [0.2, 0.25) is 5.02 Å². The Bertz CT molecular complexity index is 845. The van der Waals surface area contributed by atoms with Crippen LogP contribution >= 0.6 is 11.6 Å². The Morgan fingerprint density at radius 3 is 2.54 bits per heavy atom. The summed E-state index contributed by atoms with van der Waals surface area (Å²) in [7, 11) is 0. The Morgan fingerprint density at radius 1 is 1.17 bits per heavy atom. The van der Waals surface area contributed by atoms with E-state index >= 15 is 0 Å². The summed E-state index contributed by atoms with van der Waals surface area (Å²) in [6.45, 7) is 5.59. The van der Waals surface area contributed by atoms with E-state index in [1.165, 1.54) is 18.2 Å². The first-order chi connectivity index (χ1) is 11.1. The molecule has 0 aliphatic carbocycles. The number of benzene rings is 2. The van der Waals surface area contributed by atoms with Crippen molar-refractivity contribution in [1.29, 1.82) is 0 Å². The highest BCUT2D eigenvalue weighted by Crippen LogP contribution is 2.46. The molecule has 4 nitrogen and oxygen atoms in total. The van der Waals surface area contributed by atoms with Crippen molar-refractivity contribution >= 4 is 23.1 Å². The molecule has 1 heterocycles. The number of aliphatic hydroxyl groups is 1. The van der Waals surface area contributed by atoms with E-state index in [1.54, 1.807) is 18.2 Å². The number of amidine groups is 1. The molecule has 3 N–H and O–H groups in total. The highest BCUT2D eigenvalue weighted by Gasteiger charge is 2.45. The Balaban J connectivity index is 2.24. The van der Waals surface area contributed by atoms with Crippen LogP contribution in [0.1, 0.15) is 31.9 Å². The average molecular weight is 349 g/mol. The summed E-state index contributed by atoms with van der Waals surface area (Å²) in [6, 6.07) is 8.84. The molecule has 126 valence electrons. The van der Waals surface area contributed by atoms with Gasteiger partial charge in [-0.15, -0.1) is 0 Å². The molecule has 0 bridgehead atoms. The second-order valence-corrected chi connectivity index (χ2v) is 7.16. The molecule has 0 fully saturated rings. The average Bonchev–Trinajstić information content (AvgIpc) is 2.72. The molecular weight excluding hydrogens is 331 g/mol. The number of rotatable bonds is 2. The Kier molecular flexibility index (Phi) is 3.81. The van der Waals surface area contributed by atoms with Crippen LogP contribution in [0.3, 0.4) is 0 Å². The quantitative estimate of drug-likeness (QED) is 0.865. The molecule has 1 unspecified atom stereocenters. The number of fused-ring (bicyclic) bond motifs is 1. The molecule has 1 aliphatic rings. The van der Waals surface area contributed by atoms with Crippen molar-refractivity contribution in [3.8, 4) is 5.75 Å². The van der Waals surface area contributed by atoms with E-state index < -0.39 is 17.0 Å². The summed E-state index contributed by atoms with van der Waals surface area (Å²) in [5.74, 6) is -0.232. The van der Waals surface area contributed by atoms with Gasteiger partial charge in [0.2, 0.25) is 0 Å². The second kappa shape index (κ2) is 5.46. The van der Waals surface area contributed by atoms with Crippen LogP contribution in [0, 0.1) is 5.82 Å². The van der Waals surface area contributed by atoms with Crippen LogP contribution in [0.15, 0.2) is 41.4 Å². The minimum Gasteiger partial charge on any atom is -0.488 e. The zero-order valence-corrected chi connectivity index (χ0v) is 14.4. The highest BCUT2D eigenvalue weighted by atomic mass is 35.5. The molecule has 1 aliphatic heterocycles. The van der Waals surface area contributed by atoms with Crippen molar-refractivity contribution in [1.82, 2.24) is 0 Å². The minimum absolute atomic E-state index is 0.0517. The van der Waals surface area contributed by atoms with Crippen molar-refractivity contribution in [2.45, 2.75) is 32.0 Å². The monoisotopic (exact) mass is 348 g/mol. The van der Waals surface area contributed by atoms with Gasteiger partial charge < -0.3 is 15.6 Å². The lowest BCUT2D eigenvalue weighted by atomic mass is 9.85. The van der Waals surface area contributed by atoms with E-state index in [9.17, 15) is 9.50 Å². The molecule has 2 aromatic carbocycles. The van der Waals surface area contributed by atoms with E-state index in [0.29, 0.717) is 22.0 Å². The van der Waals surface area contributed by atoms with Crippen molar-refractivity contribution < 1.29 is 14.2 Å². The van der Waals surface area contributed by atoms with Crippen LogP contribution in [0.4, 0.5) is 10.1 Å². The maximum Gasteiger partial charge on any atom is 0.178 e. The van der Waals surface area contributed by atoms with Crippen molar-refractivity contribution in [3.05, 3.63) is 58.4 Å². The SMILES string of the molecule is CC(C)(C)Oc1ccc(F)cc1C1(O)C(N)=Nc2ccc(Cl)cc21. The molecular formula is C18H18ClFN2O2. The summed E-state index contributed by atoms with van der Waals surface area (Å²) >= 11 is 6.06. The summed E-state index contributed by atoms with van der Waals surface area (Å²) in [6.07, 6.45) is 0. The highest BCUT2D eigenvalue weighted by molar-refractivity contribution is 6.30. The number of hydrogen-bond donors (Lipinski definition) is 2. The lowest BCUT2D eigenvalue weighted by molar-refractivity contribution is 0.112. The van der Waals surface area contributed by atoms with Gasteiger partial charge in [-0.25, -0.2) is 9.38 Å². The molecule has 3 rings (SSSR count). The summed E-state index contributed by atoms with van der Waals surface area (Å²) in [4.78, 5) is 4.20. The molecule has 0 aromatic heterocycles. The second-order valence-electron chi connectivity index (χ2n) is 6.72. The fourth-order valence-corrected chi connectivity index (χ4v) is 2.90. The van der Waals surface area contributed by atoms with Gasteiger partial charge in [0, 0.05) is 16.1 Å². The smallest absolute Gasteiger partial charge is 0.178 e. The molecule has 6 heteroatoms. The van der Waals surface area contributed by atoms with Gasteiger partial charge in [-0.2, -0.15) is 0 Å². The van der Waals surface area contributed by atoms with Crippen molar-refractivity contribution in [2.75, 3.05) is 0 Å². The van der Waals surface area contributed by atoms with Crippen LogP contribution in [0.5, 0.6) is 5.75 Å². The molecule has 2 aromatic rings. The standard InChI is InChI=1S/C18H18ClFN2O2/c1-17(2,3)24-15-7-5-11(20)9-13(15)18(23)12-8-10(19)4-6-14(12)22-16(18)21/h4-9,23H,1-3H3,(H2,21,22). The predicted molar refractivity (Wildman–Crippen MR) is 92.5 cm³/mol. The maximum atomic E-state index is 13.9. The van der Waals surface area contributed by atoms with Crippen LogP contribution < -0.4 is 10.5 Å². The van der Waals surface area contributed by atoms with Gasteiger partial charge in [0.1, 0.15) is 23.0 Å². The molecule has 0 saturated carbocycles. The van der Waals surface area contributed by atoms with Gasteiger partial charge in [-0.05, 0) is 57.2 Å². The molecule has 24 heavy (non-hydrogen) atoms. The van der Waals surface area contributed by atoms with Gasteiger partial charge in [0.05, 0.1) is 5.69 Å². The fraction of sp³-hybridized carbons (Fsp3) is 0.278. The zero-order chi connectivity index (χ0) is 17.7. The van der Waals surface area contributed by atoms with Gasteiger partial charge >= 0.3 is 0 Å². The van der Waals surface area contributed by atoms with Crippen molar-refractivity contribution in [3.63, 3.8) is 0 Å². The summed E-state index contributed by atoms with van der Waals surface area (Å²) in [5, 5.41) is 11.8. The van der Waals surface area contributed by atoms with E-state index in [2.05, 4.69) is 4.99 Å². The van der Waals surface area contributed by atoms with Crippen LogP contribution in [-0.2, 0) is 5.60 Å². The lowest BCUT2D eigenvalue weighted by Crippen LogP contribution is -2.40. The van der Waals surface area contributed by atoms with E-state index in [1.807, 2.05) is 20.8 Å². The van der Waals surface area contributed by atoms with Crippen molar-refractivity contribution in [2.24, 2.45) is 10.7 Å². The third-order valence-corrected chi connectivity index (χ3v) is 3.94. The van der Waals surface area contributed by atoms with Gasteiger partial charge in [-0.3, -0.25) is 0 Å². The molecule has 0 saturated heterocycles. The zero-order valence-electron chi connectivity index (χ0n) is 13.6. The van der Waals surface area contributed by atoms with E-state index in [4.69, 9.17) is 22.1 Å². The summed E-state index contributed by atoms with van der Waals surface area (Å²) < 4.78 is 19.8. The minimum atomic E-state index is -1.80. The number of nitrogens with two attached hydrogens (primary N) is 1. The lowest BCUT2D eigenvalue weighted by Gasteiger charge is -2.30. The molecule has 0 radical (unpaired) electrons. The number of aliphatic imine (C=N–C) groups is 1. The third-order valence-electron chi connectivity index (χ3n) is 3.71. The predicted octanol–water partition coefficient (Wildman–Crippen LogP) is 3.89. The van der Waals surface area contributed by atoms with Gasteiger partial charge in [-0.1, -0.05) is 11.6 Å². The Morgan fingerprint density at radius 2 is 1.88 bits per heavy atom. The normalized spacial score (nSPS) is 19.8. The molecule has 1 atom stereocenters. The first-order valence-corrected chi connectivity index (χ1v) is 7.85. The fourth-order valence-electron chi connectivity index (χ4n) is 2.73. The topological polar surface area (TPSA) is 67.8 Å². The van der Waals surface area contributed by atoms with E-state index in [-0.39, 0.29) is 11.4 Å². The maximum absolute atomic E-state index is 13.9. The summed E-state index contributed by atoms with van der Waals surface area (Å²) in [5.41, 5.74) is 4.75. The van der Waals surface area contributed by atoms with Gasteiger partial charge in [0.25, 0.3) is 0 Å². The Labute approximate surface area is 144 Å². The van der Waals surface area contributed by atoms with Gasteiger partial charge in [0.15, 0.2) is 5.60 Å². The molecule has 0 spiro atoms. The largest absolute Gasteiger partial charge is 0.488 e. The third kappa shape index (κ3) is 2.74.